The molecule has 0 amide bonds. The molecule has 0 aliphatic heterocycles. The Morgan fingerprint density at radius 1 is 1.10 bits per heavy atom. The van der Waals surface area contributed by atoms with Gasteiger partial charge in [0.15, 0.2) is 0 Å². The van der Waals surface area contributed by atoms with Crippen molar-refractivity contribution in [2.45, 2.75) is 77.8 Å². The summed E-state index contributed by atoms with van der Waals surface area (Å²) in [7, 11) is 2.32. The molecule has 0 bridgehead atoms. The third-order valence-electron chi connectivity index (χ3n) is 5.84. The number of hydrogen-bond acceptors (Lipinski definition) is 2. The van der Waals surface area contributed by atoms with E-state index in [0.29, 0.717) is 0 Å². The second-order valence-corrected chi connectivity index (χ2v) is 7.81. The quantitative estimate of drug-likeness (QED) is 0.793. The molecule has 0 saturated heterocycles. The van der Waals surface area contributed by atoms with Crippen LogP contribution in [0.4, 0.5) is 0 Å². The number of rotatable bonds is 6. The molecular formula is C18H36N2. The molecule has 2 fully saturated rings. The standard InChI is InChI=1S/C18H36N2/c1-14(2)17-10-9-15(3)13-18(17)19-11-12-20(4)16-7-5-6-8-16/h14-19H,5-13H2,1-4H3. The molecule has 2 aliphatic carbocycles. The molecule has 2 nitrogen and oxygen atoms in total. The molecule has 2 rings (SSSR count). The zero-order valence-corrected chi connectivity index (χ0v) is 14.2. The summed E-state index contributed by atoms with van der Waals surface area (Å²) in [6.45, 7) is 9.63. The van der Waals surface area contributed by atoms with E-state index in [9.17, 15) is 0 Å². The maximum atomic E-state index is 3.90. The van der Waals surface area contributed by atoms with E-state index in [-0.39, 0.29) is 0 Å². The molecule has 2 heteroatoms. The first-order valence-electron chi connectivity index (χ1n) is 9.01. The van der Waals surface area contributed by atoms with E-state index in [1.54, 1.807) is 0 Å². The number of nitrogens with one attached hydrogen (secondary N) is 1. The summed E-state index contributed by atoms with van der Waals surface area (Å²) in [5.74, 6) is 2.63. The maximum absolute atomic E-state index is 3.90. The summed E-state index contributed by atoms with van der Waals surface area (Å²) >= 11 is 0. The van der Waals surface area contributed by atoms with Crippen LogP contribution in [0.3, 0.4) is 0 Å². The van der Waals surface area contributed by atoms with Crippen LogP contribution >= 0.6 is 0 Å². The van der Waals surface area contributed by atoms with Gasteiger partial charge in [0, 0.05) is 25.2 Å². The van der Waals surface area contributed by atoms with E-state index in [0.717, 1.165) is 29.8 Å². The molecule has 2 saturated carbocycles. The first kappa shape index (κ1) is 16.3. The molecule has 0 aromatic rings. The summed E-state index contributed by atoms with van der Waals surface area (Å²) in [6, 6.07) is 1.62. The number of hydrogen-bond donors (Lipinski definition) is 1. The highest BCUT2D eigenvalue weighted by molar-refractivity contribution is 4.86. The Kier molecular flexibility index (Phi) is 6.35. The van der Waals surface area contributed by atoms with Gasteiger partial charge in [-0.3, -0.25) is 0 Å². The van der Waals surface area contributed by atoms with E-state index in [2.05, 4.69) is 38.0 Å². The molecule has 1 N–H and O–H groups in total. The Labute approximate surface area is 126 Å². The fraction of sp³-hybridized carbons (Fsp3) is 1.00. The van der Waals surface area contributed by atoms with Crippen molar-refractivity contribution in [3.8, 4) is 0 Å². The highest BCUT2D eigenvalue weighted by Crippen LogP contribution is 2.33. The Balaban J connectivity index is 1.73. The van der Waals surface area contributed by atoms with Gasteiger partial charge in [-0.05, 0) is 50.5 Å². The van der Waals surface area contributed by atoms with E-state index in [1.807, 2.05) is 0 Å². The van der Waals surface area contributed by atoms with Crippen LogP contribution in [0.1, 0.15) is 65.7 Å². The van der Waals surface area contributed by atoms with Crippen molar-refractivity contribution in [1.82, 2.24) is 10.2 Å². The summed E-state index contributed by atoms with van der Waals surface area (Å²) in [6.07, 6.45) is 9.97. The molecule has 118 valence electrons. The van der Waals surface area contributed by atoms with Crippen LogP contribution in [0.15, 0.2) is 0 Å². The first-order chi connectivity index (χ1) is 9.58. The van der Waals surface area contributed by atoms with E-state index >= 15 is 0 Å². The molecule has 20 heavy (non-hydrogen) atoms. The maximum Gasteiger partial charge on any atom is 0.0107 e. The van der Waals surface area contributed by atoms with Gasteiger partial charge in [-0.25, -0.2) is 0 Å². The molecule has 2 aliphatic rings. The van der Waals surface area contributed by atoms with E-state index in [4.69, 9.17) is 0 Å². The number of nitrogens with zero attached hydrogens (tertiary/aromatic N) is 1. The molecule has 3 atom stereocenters. The first-order valence-corrected chi connectivity index (χ1v) is 9.01. The summed E-state index contributed by atoms with van der Waals surface area (Å²) in [4.78, 5) is 2.59. The lowest BCUT2D eigenvalue weighted by atomic mass is 9.74. The smallest absolute Gasteiger partial charge is 0.0107 e. The van der Waals surface area contributed by atoms with Crippen LogP contribution in [-0.2, 0) is 0 Å². The predicted octanol–water partition coefficient (Wildman–Crippen LogP) is 3.91. The Hall–Kier alpha value is -0.0800. The lowest BCUT2D eigenvalue weighted by Crippen LogP contribution is -2.46. The van der Waals surface area contributed by atoms with Gasteiger partial charge in [0.2, 0.25) is 0 Å². The molecule has 0 spiro atoms. The van der Waals surface area contributed by atoms with Crippen LogP contribution < -0.4 is 5.32 Å². The Morgan fingerprint density at radius 3 is 2.45 bits per heavy atom. The average molecular weight is 280 g/mol. The van der Waals surface area contributed by atoms with Gasteiger partial charge in [-0.1, -0.05) is 40.0 Å². The van der Waals surface area contributed by atoms with Crippen LogP contribution in [0.2, 0.25) is 0 Å². The zero-order chi connectivity index (χ0) is 14.5. The molecule has 0 aromatic carbocycles. The van der Waals surface area contributed by atoms with Gasteiger partial charge in [0.1, 0.15) is 0 Å². The largest absolute Gasteiger partial charge is 0.312 e. The van der Waals surface area contributed by atoms with Crippen molar-refractivity contribution in [3.63, 3.8) is 0 Å². The minimum absolute atomic E-state index is 0.760. The second kappa shape index (κ2) is 7.79. The van der Waals surface area contributed by atoms with Crippen molar-refractivity contribution in [3.05, 3.63) is 0 Å². The lowest BCUT2D eigenvalue weighted by molar-refractivity contribution is 0.162. The average Bonchev–Trinajstić information content (AvgIpc) is 2.92. The minimum atomic E-state index is 0.760. The van der Waals surface area contributed by atoms with Crippen molar-refractivity contribution in [1.29, 1.82) is 0 Å². The van der Waals surface area contributed by atoms with Gasteiger partial charge in [0.25, 0.3) is 0 Å². The third-order valence-corrected chi connectivity index (χ3v) is 5.84. The fourth-order valence-electron chi connectivity index (χ4n) is 4.39. The molecule has 3 unspecified atom stereocenters. The zero-order valence-electron chi connectivity index (χ0n) is 14.2. The van der Waals surface area contributed by atoms with E-state index < -0.39 is 0 Å². The molecule has 0 radical (unpaired) electrons. The van der Waals surface area contributed by atoms with Gasteiger partial charge in [-0.15, -0.1) is 0 Å². The van der Waals surface area contributed by atoms with Gasteiger partial charge in [0.05, 0.1) is 0 Å². The van der Waals surface area contributed by atoms with Crippen LogP contribution in [0.25, 0.3) is 0 Å². The van der Waals surface area contributed by atoms with Crippen molar-refractivity contribution in [2.24, 2.45) is 17.8 Å². The van der Waals surface area contributed by atoms with Crippen LogP contribution in [0, 0.1) is 17.8 Å². The highest BCUT2D eigenvalue weighted by atomic mass is 15.1. The summed E-state index contributed by atoms with van der Waals surface area (Å²) in [5.41, 5.74) is 0. The second-order valence-electron chi connectivity index (χ2n) is 7.81. The monoisotopic (exact) mass is 280 g/mol. The normalized spacial score (nSPS) is 32.4. The number of likely N-dealkylation sites (N-methyl/N-ethyl adjacent to an activating group) is 1. The molecule has 0 aromatic heterocycles. The topological polar surface area (TPSA) is 15.3 Å². The fourth-order valence-corrected chi connectivity index (χ4v) is 4.39. The lowest BCUT2D eigenvalue weighted by Gasteiger charge is -2.38. The van der Waals surface area contributed by atoms with Crippen molar-refractivity contribution >= 4 is 0 Å². The van der Waals surface area contributed by atoms with Gasteiger partial charge >= 0.3 is 0 Å². The van der Waals surface area contributed by atoms with Crippen LogP contribution in [-0.4, -0.2) is 37.1 Å². The minimum Gasteiger partial charge on any atom is -0.312 e. The SMILES string of the molecule is CC1CCC(C(C)C)C(NCCN(C)C2CCCC2)C1. The molecule has 0 heterocycles. The molecular weight excluding hydrogens is 244 g/mol. The van der Waals surface area contributed by atoms with Crippen molar-refractivity contribution in [2.75, 3.05) is 20.1 Å². The predicted molar refractivity (Wildman–Crippen MR) is 88.0 cm³/mol. The van der Waals surface area contributed by atoms with E-state index in [1.165, 1.54) is 58.0 Å². The Morgan fingerprint density at radius 2 is 1.80 bits per heavy atom. The van der Waals surface area contributed by atoms with Gasteiger partial charge in [-0.2, -0.15) is 0 Å². The summed E-state index contributed by atoms with van der Waals surface area (Å²) < 4.78 is 0. The third kappa shape index (κ3) is 4.46. The highest BCUT2D eigenvalue weighted by Gasteiger charge is 2.30. The van der Waals surface area contributed by atoms with Crippen molar-refractivity contribution < 1.29 is 0 Å². The van der Waals surface area contributed by atoms with Crippen LogP contribution in [0.5, 0.6) is 0 Å². The van der Waals surface area contributed by atoms with Gasteiger partial charge < -0.3 is 10.2 Å². The Bertz CT molecular complexity index is 271. The summed E-state index contributed by atoms with van der Waals surface area (Å²) in [5, 5.41) is 3.90.